The number of hydrogen-bond donors (Lipinski definition) is 1. The summed E-state index contributed by atoms with van der Waals surface area (Å²) in [5, 5.41) is 9.98. The van der Waals surface area contributed by atoms with Crippen LogP contribution in [0.3, 0.4) is 0 Å². The highest BCUT2D eigenvalue weighted by atomic mass is 19.1. The van der Waals surface area contributed by atoms with Crippen LogP contribution in [0, 0.1) is 5.82 Å². The molecule has 0 saturated carbocycles. The summed E-state index contributed by atoms with van der Waals surface area (Å²) in [5.74, 6) is -0.672. The second kappa shape index (κ2) is 7.33. The van der Waals surface area contributed by atoms with E-state index >= 15 is 0 Å². The Kier molecular flexibility index (Phi) is 5.47. The summed E-state index contributed by atoms with van der Waals surface area (Å²) in [7, 11) is 1.33. The maximum atomic E-state index is 12.8. The van der Waals surface area contributed by atoms with Gasteiger partial charge in [-0.3, -0.25) is 9.69 Å². The number of halogens is 1. The molecule has 0 radical (unpaired) electrons. The van der Waals surface area contributed by atoms with Crippen molar-refractivity contribution in [3.05, 3.63) is 41.7 Å². The number of nitrogens with zero attached hydrogens (tertiary/aromatic N) is 1. The smallest absolute Gasteiger partial charge is 0.325 e. The molecule has 1 aliphatic rings. The van der Waals surface area contributed by atoms with Crippen molar-refractivity contribution in [2.24, 2.45) is 0 Å². The summed E-state index contributed by atoms with van der Waals surface area (Å²) < 4.78 is 17.6. The van der Waals surface area contributed by atoms with Gasteiger partial charge in [-0.2, -0.15) is 0 Å². The van der Waals surface area contributed by atoms with Gasteiger partial charge in [0.1, 0.15) is 11.9 Å². The molecule has 1 aromatic carbocycles. The highest BCUT2D eigenvalue weighted by Crippen LogP contribution is 2.19. The lowest BCUT2D eigenvalue weighted by Gasteiger charge is -2.36. The van der Waals surface area contributed by atoms with Crippen molar-refractivity contribution in [3.8, 4) is 0 Å². The minimum Gasteiger partial charge on any atom is -0.468 e. The van der Waals surface area contributed by atoms with Crippen LogP contribution in [0.1, 0.15) is 18.4 Å². The van der Waals surface area contributed by atoms with Gasteiger partial charge in [-0.25, -0.2) is 4.39 Å². The molecule has 2 atom stereocenters. The van der Waals surface area contributed by atoms with E-state index in [0.717, 1.165) is 18.5 Å². The summed E-state index contributed by atoms with van der Waals surface area (Å²) in [4.78, 5) is 13.7. The van der Waals surface area contributed by atoms with E-state index in [1.807, 2.05) is 17.1 Å². The van der Waals surface area contributed by atoms with Gasteiger partial charge in [0, 0.05) is 6.54 Å². The Morgan fingerprint density at radius 1 is 1.48 bits per heavy atom. The van der Waals surface area contributed by atoms with E-state index in [-0.39, 0.29) is 5.82 Å². The van der Waals surface area contributed by atoms with Crippen LogP contribution in [0.15, 0.2) is 30.3 Å². The molecule has 4 nitrogen and oxygen atoms in total. The molecule has 2 rings (SSSR count). The SMILES string of the molecule is COC(=O)[C@H]1[C@H](O)CCCN1C/C=C/c1ccc(F)cc1. The van der Waals surface area contributed by atoms with Gasteiger partial charge in [-0.1, -0.05) is 24.3 Å². The number of aliphatic hydroxyl groups excluding tert-OH is 1. The van der Waals surface area contributed by atoms with Gasteiger partial charge in [-0.05, 0) is 37.1 Å². The van der Waals surface area contributed by atoms with Crippen molar-refractivity contribution in [2.45, 2.75) is 25.0 Å². The molecule has 5 heteroatoms. The van der Waals surface area contributed by atoms with Crippen LogP contribution in [0.5, 0.6) is 0 Å². The Morgan fingerprint density at radius 3 is 2.86 bits per heavy atom. The van der Waals surface area contributed by atoms with Gasteiger partial charge in [0.2, 0.25) is 0 Å². The summed E-state index contributed by atoms with van der Waals surface area (Å²) in [6.07, 6.45) is 4.54. The first-order valence-electron chi connectivity index (χ1n) is 7.04. The van der Waals surface area contributed by atoms with Crippen LogP contribution in [0.25, 0.3) is 6.08 Å². The fourth-order valence-corrected chi connectivity index (χ4v) is 2.57. The third-order valence-corrected chi connectivity index (χ3v) is 3.67. The zero-order chi connectivity index (χ0) is 15.2. The number of piperidine rings is 1. The second-order valence-electron chi connectivity index (χ2n) is 5.13. The van der Waals surface area contributed by atoms with Crippen LogP contribution in [0.4, 0.5) is 4.39 Å². The molecule has 21 heavy (non-hydrogen) atoms. The molecule has 1 aromatic rings. The molecule has 0 amide bonds. The van der Waals surface area contributed by atoms with E-state index in [4.69, 9.17) is 4.74 Å². The Bertz CT molecular complexity index is 501. The summed E-state index contributed by atoms with van der Waals surface area (Å²) in [6, 6.07) is 5.58. The van der Waals surface area contributed by atoms with Crippen molar-refractivity contribution in [1.29, 1.82) is 0 Å². The minimum absolute atomic E-state index is 0.267. The van der Waals surface area contributed by atoms with Crippen molar-refractivity contribution >= 4 is 12.0 Å². The van der Waals surface area contributed by atoms with E-state index in [1.54, 1.807) is 12.1 Å². The number of ether oxygens (including phenoxy) is 1. The number of methoxy groups -OCH3 is 1. The predicted octanol–water partition coefficient (Wildman–Crippen LogP) is 1.84. The Hall–Kier alpha value is -1.72. The molecule has 1 N–H and O–H groups in total. The lowest BCUT2D eigenvalue weighted by atomic mass is 9.99. The highest BCUT2D eigenvalue weighted by molar-refractivity contribution is 5.76. The second-order valence-corrected chi connectivity index (χ2v) is 5.13. The minimum atomic E-state index is -0.689. The van der Waals surface area contributed by atoms with Crippen molar-refractivity contribution < 1.29 is 19.0 Å². The normalized spacial score (nSPS) is 23.4. The van der Waals surface area contributed by atoms with Gasteiger partial charge in [0.25, 0.3) is 0 Å². The van der Waals surface area contributed by atoms with Gasteiger partial charge in [0.15, 0.2) is 0 Å². The number of likely N-dealkylation sites (tertiary alicyclic amines) is 1. The lowest BCUT2D eigenvalue weighted by molar-refractivity contribution is -0.153. The van der Waals surface area contributed by atoms with Gasteiger partial charge in [-0.15, -0.1) is 0 Å². The Balaban J connectivity index is 1.99. The number of carbonyl (C=O) groups excluding carboxylic acids is 1. The van der Waals surface area contributed by atoms with E-state index in [1.165, 1.54) is 19.2 Å². The molecular formula is C16H20FNO3. The molecule has 1 heterocycles. The van der Waals surface area contributed by atoms with Crippen LogP contribution >= 0.6 is 0 Å². The van der Waals surface area contributed by atoms with Crippen molar-refractivity contribution in [2.75, 3.05) is 20.2 Å². The highest BCUT2D eigenvalue weighted by Gasteiger charge is 2.35. The van der Waals surface area contributed by atoms with E-state index in [2.05, 4.69) is 0 Å². The van der Waals surface area contributed by atoms with Crippen molar-refractivity contribution in [1.82, 2.24) is 4.90 Å². The molecule has 0 spiro atoms. The summed E-state index contributed by atoms with van der Waals surface area (Å²) in [5.41, 5.74) is 0.892. The molecule has 0 unspecified atom stereocenters. The molecule has 0 bridgehead atoms. The fourth-order valence-electron chi connectivity index (χ4n) is 2.57. The third-order valence-electron chi connectivity index (χ3n) is 3.67. The topological polar surface area (TPSA) is 49.8 Å². The monoisotopic (exact) mass is 293 g/mol. The fraction of sp³-hybridized carbons (Fsp3) is 0.438. The first-order valence-corrected chi connectivity index (χ1v) is 7.04. The summed E-state index contributed by atoms with van der Waals surface area (Å²) >= 11 is 0. The van der Waals surface area contributed by atoms with E-state index in [0.29, 0.717) is 13.0 Å². The number of rotatable bonds is 4. The number of aliphatic hydroxyl groups is 1. The van der Waals surface area contributed by atoms with E-state index < -0.39 is 18.1 Å². The van der Waals surface area contributed by atoms with Crippen LogP contribution < -0.4 is 0 Å². The molecular weight excluding hydrogens is 273 g/mol. The quantitative estimate of drug-likeness (QED) is 0.861. The Labute approximate surface area is 123 Å². The number of esters is 1. The zero-order valence-electron chi connectivity index (χ0n) is 12.0. The molecule has 0 aliphatic carbocycles. The van der Waals surface area contributed by atoms with Crippen LogP contribution in [-0.4, -0.2) is 48.3 Å². The van der Waals surface area contributed by atoms with Crippen LogP contribution in [0.2, 0.25) is 0 Å². The zero-order valence-corrected chi connectivity index (χ0v) is 12.0. The van der Waals surface area contributed by atoms with Gasteiger partial charge in [0.05, 0.1) is 13.2 Å². The Morgan fingerprint density at radius 2 is 2.19 bits per heavy atom. The van der Waals surface area contributed by atoms with E-state index in [9.17, 15) is 14.3 Å². The van der Waals surface area contributed by atoms with Gasteiger partial charge < -0.3 is 9.84 Å². The lowest BCUT2D eigenvalue weighted by Crippen LogP contribution is -2.53. The third kappa shape index (κ3) is 4.12. The van der Waals surface area contributed by atoms with Crippen molar-refractivity contribution in [3.63, 3.8) is 0 Å². The van der Waals surface area contributed by atoms with Crippen LogP contribution in [-0.2, 0) is 9.53 Å². The maximum Gasteiger partial charge on any atom is 0.325 e. The number of hydrogen-bond acceptors (Lipinski definition) is 4. The molecule has 114 valence electrons. The average molecular weight is 293 g/mol. The molecule has 1 fully saturated rings. The maximum absolute atomic E-state index is 12.8. The molecule has 1 saturated heterocycles. The first-order chi connectivity index (χ1) is 10.1. The summed E-state index contributed by atoms with van der Waals surface area (Å²) in [6.45, 7) is 1.28. The largest absolute Gasteiger partial charge is 0.468 e. The number of carbonyl (C=O) groups is 1. The average Bonchev–Trinajstić information content (AvgIpc) is 2.49. The number of benzene rings is 1. The predicted molar refractivity (Wildman–Crippen MR) is 78.1 cm³/mol. The molecule has 1 aliphatic heterocycles. The standard InChI is InChI=1S/C16H20FNO3/c1-21-16(20)15-14(19)5-3-11-18(15)10-2-4-12-6-8-13(17)9-7-12/h2,4,6-9,14-15,19H,3,5,10-11H2,1H3/b4-2+/t14-,15-/m1/s1. The molecule has 0 aromatic heterocycles. The first kappa shape index (κ1) is 15.7. The van der Waals surface area contributed by atoms with Gasteiger partial charge >= 0.3 is 5.97 Å².